The van der Waals surface area contributed by atoms with E-state index in [9.17, 15) is 0 Å². The van der Waals surface area contributed by atoms with Crippen LogP contribution < -0.4 is 10.1 Å². The molecule has 0 bridgehead atoms. The molecule has 2 unspecified atom stereocenters. The van der Waals surface area contributed by atoms with Crippen molar-refractivity contribution in [2.45, 2.75) is 25.3 Å². The van der Waals surface area contributed by atoms with Crippen LogP contribution in [-0.4, -0.2) is 19.2 Å². The number of ether oxygens (including phenoxy) is 1. The van der Waals surface area contributed by atoms with Crippen LogP contribution in [0.2, 0.25) is 0 Å². The molecule has 3 rings (SSSR count). The summed E-state index contributed by atoms with van der Waals surface area (Å²) in [6.07, 6.45) is 2.64. The van der Waals surface area contributed by atoms with Gasteiger partial charge in [-0.3, -0.25) is 0 Å². The summed E-state index contributed by atoms with van der Waals surface area (Å²) in [4.78, 5) is 0. The number of furan rings is 1. The summed E-state index contributed by atoms with van der Waals surface area (Å²) in [6, 6.07) is 12.7. The van der Waals surface area contributed by atoms with E-state index < -0.39 is 0 Å². The van der Waals surface area contributed by atoms with Crippen LogP contribution in [0.15, 0.2) is 47.1 Å². The number of benzene rings is 1. The van der Waals surface area contributed by atoms with Gasteiger partial charge in [0.1, 0.15) is 11.5 Å². The van der Waals surface area contributed by atoms with Gasteiger partial charge in [0.25, 0.3) is 0 Å². The summed E-state index contributed by atoms with van der Waals surface area (Å²) < 4.78 is 11.1. The highest BCUT2D eigenvalue weighted by Gasteiger charge is 2.23. The maximum Gasteiger partial charge on any atom is 0.122 e. The molecule has 0 amide bonds. The number of hydrogen-bond donors (Lipinski definition) is 1. The van der Waals surface area contributed by atoms with Gasteiger partial charge in [0.15, 0.2) is 0 Å². The zero-order chi connectivity index (χ0) is 13.1. The molecule has 1 aromatic heterocycles. The van der Waals surface area contributed by atoms with Gasteiger partial charge < -0.3 is 14.5 Å². The van der Waals surface area contributed by atoms with Crippen LogP contribution in [-0.2, 0) is 6.42 Å². The van der Waals surface area contributed by atoms with Crippen molar-refractivity contribution in [1.82, 2.24) is 5.32 Å². The lowest BCUT2D eigenvalue weighted by Crippen LogP contribution is -2.32. The van der Waals surface area contributed by atoms with Crippen LogP contribution in [0.1, 0.15) is 24.2 Å². The second-order valence-corrected chi connectivity index (χ2v) is 5.14. The van der Waals surface area contributed by atoms with Crippen LogP contribution in [0.3, 0.4) is 0 Å². The first-order valence-electron chi connectivity index (χ1n) is 6.80. The van der Waals surface area contributed by atoms with E-state index in [1.165, 1.54) is 5.56 Å². The Morgan fingerprint density at radius 3 is 3.00 bits per heavy atom. The molecule has 0 saturated carbocycles. The van der Waals surface area contributed by atoms with Crippen molar-refractivity contribution in [3.63, 3.8) is 0 Å². The Hall–Kier alpha value is -1.74. The van der Waals surface area contributed by atoms with Crippen LogP contribution in [0.25, 0.3) is 0 Å². The summed E-state index contributed by atoms with van der Waals surface area (Å²) in [7, 11) is 0. The number of rotatable bonds is 5. The van der Waals surface area contributed by atoms with Crippen molar-refractivity contribution in [3.05, 3.63) is 54.0 Å². The highest BCUT2D eigenvalue weighted by Crippen LogP contribution is 2.32. The smallest absolute Gasteiger partial charge is 0.122 e. The molecule has 0 saturated heterocycles. The first kappa shape index (κ1) is 12.3. The Kier molecular flexibility index (Phi) is 3.56. The summed E-state index contributed by atoms with van der Waals surface area (Å²) in [5.41, 5.74) is 1.32. The minimum atomic E-state index is 0.402. The third kappa shape index (κ3) is 2.82. The predicted octanol–water partition coefficient (Wildman–Crippen LogP) is 2.98. The number of para-hydroxylation sites is 1. The largest absolute Gasteiger partial charge is 0.493 e. The average molecular weight is 257 g/mol. The maximum atomic E-state index is 5.69. The lowest BCUT2D eigenvalue weighted by molar-refractivity contribution is 0.321. The normalized spacial score (nSPS) is 18.9. The first-order valence-corrected chi connectivity index (χ1v) is 6.80. The van der Waals surface area contributed by atoms with E-state index in [2.05, 4.69) is 24.4 Å². The molecule has 0 spiro atoms. The van der Waals surface area contributed by atoms with E-state index in [1.807, 2.05) is 24.3 Å². The number of hydrogen-bond acceptors (Lipinski definition) is 3. The topological polar surface area (TPSA) is 34.4 Å². The van der Waals surface area contributed by atoms with Gasteiger partial charge in [0.05, 0.1) is 12.9 Å². The Bertz CT molecular complexity index is 521. The molecule has 19 heavy (non-hydrogen) atoms. The molecule has 0 aliphatic carbocycles. The fourth-order valence-corrected chi connectivity index (χ4v) is 2.54. The van der Waals surface area contributed by atoms with Crippen molar-refractivity contribution in [2.75, 3.05) is 13.2 Å². The summed E-state index contributed by atoms with van der Waals surface area (Å²) >= 11 is 0. The Labute approximate surface area is 113 Å². The predicted molar refractivity (Wildman–Crippen MR) is 74.6 cm³/mol. The van der Waals surface area contributed by atoms with Gasteiger partial charge >= 0.3 is 0 Å². The monoisotopic (exact) mass is 257 g/mol. The fraction of sp³-hybridized carbons (Fsp3) is 0.375. The molecule has 3 nitrogen and oxygen atoms in total. The maximum absolute atomic E-state index is 5.69. The Morgan fingerprint density at radius 2 is 2.16 bits per heavy atom. The zero-order valence-electron chi connectivity index (χ0n) is 11.1. The highest BCUT2D eigenvalue weighted by molar-refractivity contribution is 5.39. The summed E-state index contributed by atoms with van der Waals surface area (Å²) in [5, 5.41) is 3.56. The van der Waals surface area contributed by atoms with Gasteiger partial charge in [-0.25, -0.2) is 0 Å². The van der Waals surface area contributed by atoms with E-state index in [0.717, 1.165) is 31.1 Å². The van der Waals surface area contributed by atoms with E-state index in [-0.39, 0.29) is 0 Å². The second kappa shape index (κ2) is 5.49. The van der Waals surface area contributed by atoms with Crippen molar-refractivity contribution in [2.24, 2.45) is 0 Å². The summed E-state index contributed by atoms with van der Waals surface area (Å²) in [5.74, 6) is 2.52. The second-order valence-electron chi connectivity index (χ2n) is 5.14. The van der Waals surface area contributed by atoms with E-state index in [4.69, 9.17) is 9.15 Å². The van der Waals surface area contributed by atoms with Gasteiger partial charge in [0, 0.05) is 30.5 Å². The lowest BCUT2D eigenvalue weighted by atomic mass is 10.0. The van der Waals surface area contributed by atoms with E-state index in [1.54, 1.807) is 6.26 Å². The molecule has 3 heteroatoms. The molecule has 2 heterocycles. The molecule has 1 aliphatic rings. The van der Waals surface area contributed by atoms with Gasteiger partial charge in [-0.2, -0.15) is 0 Å². The molecule has 1 aliphatic heterocycles. The molecular weight excluding hydrogens is 238 g/mol. The van der Waals surface area contributed by atoms with Gasteiger partial charge in [0.2, 0.25) is 0 Å². The van der Waals surface area contributed by atoms with Crippen LogP contribution in [0.4, 0.5) is 0 Å². The molecule has 1 aromatic carbocycles. The molecular formula is C16H19NO2. The van der Waals surface area contributed by atoms with Crippen molar-refractivity contribution < 1.29 is 9.15 Å². The number of fused-ring (bicyclic) bond motifs is 1. The first-order chi connectivity index (χ1) is 9.33. The SMILES string of the molecule is CC(Cc1ccco1)NCC1COc2ccccc21. The standard InChI is InChI=1S/C16H19NO2/c1-12(9-14-5-4-8-18-14)17-10-13-11-19-16-7-3-2-6-15(13)16/h2-8,12-13,17H,9-11H2,1H3. The molecule has 1 N–H and O–H groups in total. The average Bonchev–Trinajstić information content (AvgIpc) is 3.05. The molecule has 2 atom stereocenters. The van der Waals surface area contributed by atoms with Crippen LogP contribution >= 0.6 is 0 Å². The third-order valence-corrected chi connectivity index (χ3v) is 3.60. The molecule has 100 valence electrons. The van der Waals surface area contributed by atoms with Crippen molar-refractivity contribution >= 4 is 0 Å². The van der Waals surface area contributed by atoms with Crippen LogP contribution in [0.5, 0.6) is 5.75 Å². The summed E-state index contributed by atoms with van der Waals surface area (Å²) in [6.45, 7) is 3.91. The molecule has 0 radical (unpaired) electrons. The molecule has 0 fully saturated rings. The van der Waals surface area contributed by atoms with Crippen molar-refractivity contribution in [3.8, 4) is 5.75 Å². The van der Waals surface area contributed by atoms with Gasteiger partial charge in [-0.05, 0) is 25.1 Å². The van der Waals surface area contributed by atoms with Gasteiger partial charge in [-0.15, -0.1) is 0 Å². The Morgan fingerprint density at radius 1 is 1.26 bits per heavy atom. The van der Waals surface area contributed by atoms with Gasteiger partial charge in [-0.1, -0.05) is 18.2 Å². The Balaban J connectivity index is 1.53. The van der Waals surface area contributed by atoms with Crippen LogP contribution in [0, 0.1) is 0 Å². The third-order valence-electron chi connectivity index (χ3n) is 3.60. The lowest BCUT2D eigenvalue weighted by Gasteiger charge is -2.15. The highest BCUT2D eigenvalue weighted by atomic mass is 16.5. The molecule has 2 aromatic rings. The quantitative estimate of drug-likeness (QED) is 0.894. The minimum absolute atomic E-state index is 0.402. The van der Waals surface area contributed by atoms with E-state index in [0.29, 0.717) is 12.0 Å². The van der Waals surface area contributed by atoms with Crippen molar-refractivity contribution in [1.29, 1.82) is 0 Å². The minimum Gasteiger partial charge on any atom is -0.493 e. The zero-order valence-corrected chi connectivity index (χ0v) is 11.1. The number of nitrogens with one attached hydrogen (secondary N) is 1. The van der Waals surface area contributed by atoms with E-state index >= 15 is 0 Å². The fourth-order valence-electron chi connectivity index (χ4n) is 2.54.